The molecule has 0 fully saturated rings. The zero-order valence-electron chi connectivity index (χ0n) is 23.3. The molecule has 0 heterocycles. The van der Waals surface area contributed by atoms with Crippen LogP contribution in [0, 0.1) is 0 Å². The van der Waals surface area contributed by atoms with Crippen LogP contribution in [0.15, 0.2) is 103 Å². The van der Waals surface area contributed by atoms with E-state index < -0.39 is 23.6 Å². The predicted octanol–water partition coefficient (Wildman–Crippen LogP) is 7.56. The molecule has 6 nitrogen and oxygen atoms in total. The monoisotopic (exact) mass is 586 g/mol. The maximum atomic E-state index is 13.4. The van der Waals surface area contributed by atoms with E-state index in [1.165, 1.54) is 30.3 Å². The number of rotatable bonds is 11. The second-order valence-electron chi connectivity index (χ2n) is 9.62. The standard InChI is InChI=1S/C34H29F3N2O4/c1-2-20-43-28-16-10-23(11-17-28)12-19-31(40)38-27-15-18-30(29(22-27)33(42)25-6-4-3-5-7-25)39-32(41)21-24-8-13-26(14-9-24)34(35,36)37/h3-19,22H,2,20-21H2,1H3,(H,38,40)(H,39,41)/b19-12+. The van der Waals surface area contributed by atoms with Crippen molar-refractivity contribution in [3.05, 3.63) is 131 Å². The van der Waals surface area contributed by atoms with Crippen LogP contribution >= 0.6 is 0 Å². The molecule has 0 aliphatic rings. The highest BCUT2D eigenvalue weighted by Gasteiger charge is 2.30. The fourth-order valence-corrected chi connectivity index (χ4v) is 4.11. The predicted molar refractivity (Wildman–Crippen MR) is 160 cm³/mol. The van der Waals surface area contributed by atoms with Crippen molar-refractivity contribution in [3.8, 4) is 5.75 Å². The topological polar surface area (TPSA) is 84.5 Å². The van der Waals surface area contributed by atoms with E-state index in [1.54, 1.807) is 42.5 Å². The van der Waals surface area contributed by atoms with E-state index in [-0.39, 0.29) is 23.5 Å². The molecule has 2 N–H and O–H groups in total. The van der Waals surface area contributed by atoms with Crippen molar-refractivity contribution in [1.82, 2.24) is 0 Å². The number of halogens is 3. The minimum atomic E-state index is -4.48. The minimum absolute atomic E-state index is 0.136. The molecule has 0 saturated heterocycles. The molecule has 43 heavy (non-hydrogen) atoms. The van der Waals surface area contributed by atoms with Crippen molar-refractivity contribution in [2.75, 3.05) is 17.2 Å². The van der Waals surface area contributed by atoms with Crippen LogP contribution in [0.4, 0.5) is 24.5 Å². The van der Waals surface area contributed by atoms with Gasteiger partial charge in [0.25, 0.3) is 0 Å². The van der Waals surface area contributed by atoms with Crippen LogP contribution in [0.25, 0.3) is 6.08 Å². The van der Waals surface area contributed by atoms with Gasteiger partial charge in [-0.2, -0.15) is 13.2 Å². The normalized spacial score (nSPS) is 11.3. The van der Waals surface area contributed by atoms with Gasteiger partial charge < -0.3 is 15.4 Å². The lowest BCUT2D eigenvalue weighted by atomic mass is 10.0. The summed E-state index contributed by atoms with van der Waals surface area (Å²) in [5.41, 5.74) is 1.40. The fourth-order valence-electron chi connectivity index (χ4n) is 4.11. The minimum Gasteiger partial charge on any atom is -0.494 e. The van der Waals surface area contributed by atoms with Gasteiger partial charge in [0.15, 0.2) is 5.78 Å². The van der Waals surface area contributed by atoms with E-state index in [1.807, 2.05) is 31.2 Å². The van der Waals surface area contributed by atoms with Crippen LogP contribution in [0.1, 0.15) is 46.0 Å². The molecule has 9 heteroatoms. The van der Waals surface area contributed by atoms with Gasteiger partial charge in [-0.3, -0.25) is 14.4 Å². The summed E-state index contributed by atoms with van der Waals surface area (Å²) in [5, 5.41) is 5.41. The van der Waals surface area contributed by atoms with Crippen molar-refractivity contribution in [1.29, 1.82) is 0 Å². The first-order valence-electron chi connectivity index (χ1n) is 13.5. The van der Waals surface area contributed by atoms with E-state index in [2.05, 4.69) is 10.6 Å². The maximum absolute atomic E-state index is 13.4. The quantitative estimate of drug-likeness (QED) is 0.140. The molecular weight excluding hydrogens is 557 g/mol. The average molecular weight is 587 g/mol. The third kappa shape index (κ3) is 8.90. The number of nitrogens with one attached hydrogen (secondary N) is 2. The lowest BCUT2D eigenvalue weighted by Gasteiger charge is -2.13. The third-order valence-corrected chi connectivity index (χ3v) is 6.27. The Morgan fingerprint density at radius 3 is 2.19 bits per heavy atom. The number of alkyl halides is 3. The van der Waals surface area contributed by atoms with Crippen LogP contribution in [0.5, 0.6) is 5.75 Å². The summed E-state index contributed by atoms with van der Waals surface area (Å²) >= 11 is 0. The summed E-state index contributed by atoms with van der Waals surface area (Å²) in [6.45, 7) is 2.64. The summed E-state index contributed by atoms with van der Waals surface area (Å²) in [6, 6.07) is 24.5. The van der Waals surface area contributed by atoms with Gasteiger partial charge in [-0.15, -0.1) is 0 Å². The SMILES string of the molecule is CCCOc1ccc(/C=C/C(=O)Nc2ccc(NC(=O)Cc3ccc(C(F)(F)F)cc3)c(C(=O)c3ccccc3)c2)cc1. The van der Waals surface area contributed by atoms with Crippen molar-refractivity contribution in [2.24, 2.45) is 0 Å². The Balaban J connectivity index is 1.49. The molecule has 0 aliphatic heterocycles. The molecule has 0 bridgehead atoms. The van der Waals surface area contributed by atoms with Crippen LogP contribution in [-0.4, -0.2) is 24.2 Å². The number of ketones is 1. The van der Waals surface area contributed by atoms with Gasteiger partial charge in [0.2, 0.25) is 11.8 Å². The van der Waals surface area contributed by atoms with Gasteiger partial charge in [0, 0.05) is 22.9 Å². The third-order valence-electron chi connectivity index (χ3n) is 6.27. The second kappa shape index (κ2) is 14.1. The highest BCUT2D eigenvalue weighted by atomic mass is 19.4. The van der Waals surface area contributed by atoms with E-state index in [0.29, 0.717) is 23.4 Å². The van der Waals surface area contributed by atoms with Crippen molar-refractivity contribution in [3.63, 3.8) is 0 Å². The number of hydrogen-bond acceptors (Lipinski definition) is 4. The van der Waals surface area contributed by atoms with Crippen LogP contribution in [-0.2, 0) is 22.2 Å². The van der Waals surface area contributed by atoms with Gasteiger partial charge in [0.1, 0.15) is 5.75 Å². The molecule has 0 radical (unpaired) electrons. The molecule has 4 aromatic carbocycles. The average Bonchev–Trinajstić information content (AvgIpc) is 3.00. The number of carbonyl (C=O) groups is 3. The molecule has 4 rings (SSSR count). The van der Waals surface area contributed by atoms with Gasteiger partial charge in [-0.25, -0.2) is 0 Å². The van der Waals surface area contributed by atoms with E-state index in [0.717, 1.165) is 29.9 Å². The molecule has 0 aromatic heterocycles. The Bertz CT molecular complexity index is 1600. The Labute approximate surface area is 247 Å². The zero-order valence-corrected chi connectivity index (χ0v) is 23.3. The largest absolute Gasteiger partial charge is 0.494 e. The first-order valence-corrected chi connectivity index (χ1v) is 13.5. The Kier molecular flexibility index (Phi) is 10.1. The number of anilines is 2. The summed E-state index contributed by atoms with van der Waals surface area (Å²) in [5.74, 6) is -0.593. The molecule has 0 unspecified atom stereocenters. The maximum Gasteiger partial charge on any atom is 0.416 e. The van der Waals surface area contributed by atoms with E-state index in [9.17, 15) is 27.6 Å². The van der Waals surface area contributed by atoms with Gasteiger partial charge in [0.05, 0.1) is 24.3 Å². The number of benzene rings is 4. The molecular formula is C34H29F3N2O4. The van der Waals surface area contributed by atoms with Gasteiger partial charge >= 0.3 is 6.18 Å². The first-order chi connectivity index (χ1) is 20.6. The second-order valence-corrected chi connectivity index (χ2v) is 9.62. The first kappa shape index (κ1) is 30.8. The number of amides is 2. The van der Waals surface area contributed by atoms with Crippen molar-refractivity contribution >= 4 is 35.0 Å². The molecule has 220 valence electrons. The Morgan fingerprint density at radius 1 is 0.837 bits per heavy atom. The summed E-state index contributed by atoms with van der Waals surface area (Å²) in [6.07, 6.45) is -0.775. The van der Waals surface area contributed by atoms with Gasteiger partial charge in [-0.05, 0) is 66.1 Å². The zero-order chi connectivity index (χ0) is 30.8. The lowest BCUT2D eigenvalue weighted by Crippen LogP contribution is -2.18. The molecule has 4 aromatic rings. The molecule has 2 amide bonds. The summed E-state index contributed by atoms with van der Waals surface area (Å²) < 4.78 is 44.2. The summed E-state index contributed by atoms with van der Waals surface area (Å²) in [4.78, 5) is 38.8. The highest BCUT2D eigenvalue weighted by Crippen LogP contribution is 2.29. The van der Waals surface area contributed by atoms with Gasteiger partial charge in [-0.1, -0.05) is 61.5 Å². The smallest absolute Gasteiger partial charge is 0.416 e. The van der Waals surface area contributed by atoms with Crippen molar-refractivity contribution in [2.45, 2.75) is 25.9 Å². The number of carbonyl (C=O) groups excluding carboxylic acids is 3. The highest BCUT2D eigenvalue weighted by molar-refractivity contribution is 6.15. The summed E-state index contributed by atoms with van der Waals surface area (Å²) in [7, 11) is 0. The van der Waals surface area contributed by atoms with E-state index >= 15 is 0 Å². The van der Waals surface area contributed by atoms with E-state index in [4.69, 9.17) is 4.74 Å². The van der Waals surface area contributed by atoms with Crippen LogP contribution in [0.2, 0.25) is 0 Å². The number of ether oxygens (including phenoxy) is 1. The Hall–Kier alpha value is -5.18. The molecule has 0 aliphatic carbocycles. The molecule has 0 spiro atoms. The van der Waals surface area contributed by atoms with Crippen molar-refractivity contribution < 1.29 is 32.3 Å². The molecule has 0 saturated carbocycles. The van der Waals surface area contributed by atoms with Crippen LogP contribution in [0.3, 0.4) is 0 Å². The molecule has 0 atom stereocenters. The van der Waals surface area contributed by atoms with Crippen LogP contribution < -0.4 is 15.4 Å². The lowest BCUT2D eigenvalue weighted by molar-refractivity contribution is -0.137. The Morgan fingerprint density at radius 2 is 1.53 bits per heavy atom. The fraction of sp³-hybridized carbons (Fsp3) is 0.147. The number of hydrogen-bond donors (Lipinski definition) is 2.